The molecule has 0 aliphatic carbocycles. The second-order valence-corrected chi connectivity index (χ2v) is 12.5. The Kier molecular flexibility index (Phi) is 6.32. The van der Waals surface area contributed by atoms with Crippen molar-refractivity contribution in [3.8, 4) is 0 Å². The Balaban J connectivity index is 1.17. The number of furan rings is 1. The van der Waals surface area contributed by atoms with Gasteiger partial charge < -0.3 is 14.2 Å². The van der Waals surface area contributed by atoms with Crippen LogP contribution in [0.4, 0.5) is 34.1 Å². The lowest BCUT2D eigenvalue weighted by Gasteiger charge is -2.25. The van der Waals surface area contributed by atoms with E-state index in [1.165, 1.54) is 20.2 Å². The molecule has 0 atom stereocenters. The molecule has 3 nitrogen and oxygen atoms in total. The Hall–Kier alpha value is -5.84. The quantitative estimate of drug-likeness (QED) is 0.187. The van der Waals surface area contributed by atoms with Crippen LogP contribution in [0.15, 0.2) is 174 Å². The van der Waals surface area contributed by atoms with Gasteiger partial charge in [-0.3, -0.25) is 0 Å². The van der Waals surface area contributed by atoms with E-state index < -0.39 is 0 Å². The van der Waals surface area contributed by atoms with Crippen molar-refractivity contribution in [3.63, 3.8) is 0 Å². The van der Waals surface area contributed by atoms with Gasteiger partial charge in [-0.1, -0.05) is 78.9 Å². The van der Waals surface area contributed by atoms with Gasteiger partial charge in [0.2, 0.25) is 0 Å². The summed E-state index contributed by atoms with van der Waals surface area (Å²) in [4.78, 5) is 4.58. The molecule has 0 aliphatic rings. The molecule has 46 heavy (non-hydrogen) atoms. The molecule has 4 heteroatoms. The molecule has 218 valence electrons. The predicted octanol–water partition coefficient (Wildman–Crippen LogP) is 12.9. The summed E-state index contributed by atoms with van der Waals surface area (Å²) in [5, 5.41) is 4.80. The summed E-state index contributed by atoms with van der Waals surface area (Å²) in [5.74, 6) is 0. The molecule has 7 aromatic carbocycles. The SMILES string of the molecule is c1ccc(N(c2ccccc2)c2ccc3c(c2)oc2cc(N(c4ccccc4)c4ccc5c(c4)sc4ccccc45)ccc23)cc1. The Morgan fingerprint density at radius 2 is 0.739 bits per heavy atom. The maximum Gasteiger partial charge on any atom is 0.137 e. The molecule has 2 aromatic heterocycles. The molecule has 0 N–H and O–H groups in total. The van der Waals surface area contributed by atoms with E-state index in [0.717, 1.165) is 56.1 Å². The van der Waals surface area contributed by atoms with Crippen molar-refractivity contribution in [1.82, 2.24) is 0 Å². The summed E-state index contributed by atoms with van der Waals surface area (Å²) in [5.41, 5.74) is 8.23. The largest absolute Gasteiger partial charge is 0.456 e. The summed E-state index contributed by atoms with van der Waals surface area (Å²) in [7, 11) is 0. The highest BCUT2D eigenvalue weighted by molar-refractivity contribution is 7.25. The summed E-state index contributed by atoms with van der Waals surface area (Å²) < 4.78 is 9.22. The molecule has 0 bridgehead atoms. The van der Waals surface area contributed by atoms with E-state index in [1.54, 1.807) is 0 Å². The van der Waals surface area contributed by atoms with Gasteiger partial charge in [0.1, 0.15) is 11.2 Å². The fraction of sp³-hybridized carbons (Fsp3) is 0. The first kappa shape index (κ1) is 26.6. The highest BCUT2D eigenvalue weighted by Crippen LogP contribution is 2.43. The number of para-hydroxylation sites is 3. The molecule has 0 aliphatic heterocycles. The topological polar surface area (TPSA) is 19.6 Å². The number of hydrogen-bond donors (Lipinski definition) is 0. The highest BCUT2D eigenvalue weighted by atomic mass is 32.1. The third-order valence-corrected chi connectivity index (χ3v) is 9.75. The minimum absolute atomic E-state index is 0.861. The molecule has 0 amide bonds. The maximum atomic E-state index is 6.64. The van der Waals surface area contributed by atoms with Gasteiger partial charge in [-0.05, 0) is 78.9 Å². The average Bonchev–Trinajstić information content (AvgIpc) is 3.67. The smallest absolute Gasteiger partial charge is 0.137 e. The first-order chi connectivity index (χ1) is 22.8. The normalized spacial score (nSPS) is 11.5. The van der Waals surface area contributed by atoms with Crippen LogP contribution in [0, 0.1) is 0 Å². The predicted molar refractivity (Wildman–Crippen MR) is 196 cm³/mol. The monoisotopic (exact) mass is 608 g/mol. The number of rotatable bonds is 6. The number of fused-ring (bicyclic) bond motifs is 6. The molecule has 9 rings (SSSR count). The molecule has 2 heterocycles. The summed E-state index contributed by atoms with van der Waals surface area (Å²) in [6.07, 6.45) is 0. The van der Waals surface area contributed by atoms with Crippen LogP contribution in [0.2, 0.25) is 0 Å². The molecule has 9 aromatic rings. The van der Waals surface area contributed by atoms with Gasteiger partial charge in [-0.25, -0.2) is 0 Å². The second kappa shape index (κ2) is 11.0. The molecule has 0 unspecified atom stereocenters. The zero-order chi connectivity index (χ0) is 30.5. The number of hydrogen-bond acceptors (Lipinski definition) is 4. The van der Waals surface area contributed by atoms with Crippen molar-refractivity contribution in [1.29, 1.82) is 0 Å². The van der Waals surface area contributed by atoms with Crippen molar-refractivity contribution in [2.45, 2.75) is 0 Å². The Morgan fingerprint density at radius 3 is 1.28 bits per heavy atom. The van der Waals surface area contributed by atoms with Gasteiger partial charge in [0, 0.05) is 77.2 Å². The number of nitrogens with zero attached hydrogens (tertiary/aromatic N) is 2. The molecule has 0 radical (unpaired) electrons. The first-order valence-electron chi connectivity index (χ1n) is 15.4. The fourth-order valence-corrected chi connectivity index (χ4v) is 7.65. The molecule has 0 saturated carbocycles. The fourth-order valence-electron chi connectivity index (χ4n) is 6.51. The minimum Gasteiger partial charge on any atom is -0.456 e. The van der Waals surface area contributed by atoms with Gasteiger partial charge in [0.05, 0.1) is 0 Å². The summed E-state index contributed by atoms with van der Waals surface area (Å²) in [6, 6.07) is 60.0. The van der Waals surface area contributed by atoms with Gasteiger partial charge >= 0.3 is 0 Å². The van der Waals surface area contributed by atoms with E-state index >= 15 is 0 Å². The number of benzene rings is 7. The van der Waals surface area contributed by atoms with Gasteiger partial charge in [-0.2, -0.15) is 0 Å². The van der Waals surface area contributed by atoms with E-state index in [4.69, 9.17) is 4.42 Å². The third-order valence-electron chi connectivity index (χ3n) is 8.62. The minimum atomic E-state index is 0.861. The van der Waals surface area contributed by atoms with Gasteiger partial charge in [0.15, 0.2) is 0 Å². The number of anilines is 6. The molecule has 0 spiro atoms. The van der Waals surface area contributed by atoms with Crippen LogP contribution in [0.5, 0.6) is 0 Å². The lowest BCUT2D eigenvalue weighted by atomic mass is 10.1. The maximum absolute atomic E-state index is 6.64. The molecule has 0 fully saturated rings. The van der Waals surface area contributed by atoms with Gasteiger partial charge in [-0.15, -0.1) is 11.3 Å². The van der Waals surface area contributed by atoms with E-state index in [9.17, 15) is 0 Å². The molecular weight excluding hydrogens is 581 g/mol. The first-order valence-corrected chi connectivity index (χ1v) is 16.2. The average molecular weight is 609 g/mol. The van der Waals surface area contributed by atoms with E-state index in [1.807, 2.05) is 23.5 Å². The Labute approximate surface area is 270 Å². The summed E-state index contributed by atoms with van der Waals surface area (Å²) in [6.45, 7) is 0. The Morgan fingerprint density at radius 1 is 0.326 bits per heavy atom. The standard InChI is InChI=1S/C42H28N2OS/c1-4-12-29(13-5-1)43(30-14-6-2-7-15-30)32-20-23-35-36-24-21-33(27-40(36)45-39(35)26-32)44(31-16-8-3-9-17-31)34-22-25-38-37-18-10-11-19-41(37)46-42(38)28-34/h1-28H. The third kappa shape index (κ3) is 4.50. The highest BCUT2D eigenvalue weighted by Gasteiger charge is 2.18. The van der Waals surface area contributed by atoms with Crippen molar-refractivity contribution < 1.29 is 4.42 Å². The number of thiophene rings is 1. The van der Waals surface area contributed by atoms with E-state index in [2.05, 4.69) is 168 Å². The lowest BCUT2D eigenvalue weighted by Crippen LogP contribution is -2.09. The zero-order valence-corrected chi connectivity index (χ0v) is 25.7. The molecule has 0 saturated heterocycles. The van der Waals surface area contributed by atoms with Gasteiger partial charge in [0.25, 0.3) is 0 Å². The van der Waals surface area contributed by atoms with Crippen molar-refractivity contribution in [3.05, 3.63) is 170 Å². The van der Waals surface area contributed by atoms with Crippen LogP contribution in [0.3, 0.4) is 0 Å². The van der Waals surface area contributed by atoms with Crippen molar-refractivity contribution in [2.75, 3.05) is 9.80 Å². The van der Waals surface area contributed by atoms with Crippen LogP contribution < -0.4 is 9.80 Å². The zero-order valence-electron chi connectivity index (χ0n) is 24.9. The molecular formula is C42H28N2OS. The van der Waals surface area contributed by atoms with E-state index in [0.29, 0.717) is 0 Å². The van der Waals surface area contributed by atoms with Crippen molar-refractivity contribution in [2.24, 2.45) is 0 Å². The lowest BCUT2D eigenvalue weighted by molar-refractivity contribution is 0.669. The van der Waals surface area contributed by atoms with E-state index in [-0.39, 0.29) is 0 Å². The van der Waals surface area contributed by atoms with Crippen LogP contribution in [-0.2, 0) is 0 Å². The Bertz CT molecular complexity index is 2440. The van der Waals surface area contributed by atoms with Crippen LogP contribution in [0.1, 0.15) is 0 Å². The van der Waals surface area contributed by atoms with Crippen LogP contribution >= 0.6 is 11.3 Å². The summed E-state index contributed by atoms with van der Waals surface area (Å²) >= 11 is 1.84. The van der Waals surface area contributed by atoms with Crippen LogP contribution in [-0.4, -0.2) is 0 Å². The van der Waals surface area contributed by atoms with Crippen molar-refractivity contribution >= 4 is 87.6 Å². The second-order valence-electron chi connectivity index (χ2n) is 11.4. The van der Waals surface area contributed by atoms with Crippen LogP contribution in [0.25, 0.3) is 42.1 Å².